The van der Waals surface area contributed by atoms with Gasteiger partial charge in [0.15, 0.2) is 0 Å². The number of aliphatic imine (C=N–C) groups is 1. The molecular formula is C15H21NO2. The zero-order chi connectivity index (χ0) is 13.1. The minimum absolute atomic E-state index is 0.100. The molecule has 0 bridgehead atoms. The molecule has 0 spiro atoms. The molecule has 0 aliphatic carbocycles. The third kappa shape index (κ3) is 6.84. The summed E-state index contributed by atoms with van der Waals surface area (Å²) in [6, 6.07) is 9.72. The number of hydrogen-bond acceptors (Lipinski definition) is 3. The fourth-order valence-electron chi connectivity index (χ4n) is 1.50. The van der Waals surface area contributed by atoms with Crippen molar-refractivity contribution in [2.75, 3.05) is 6.61 Å². The summed E-state index contributed by atoms with van der Waals surface area (Å²) in [5, 5.41) is 0. The number of ether oxygens (including phenoxy) is 1. The average molecular weight is 247 g/mol. The van der Waals surface area contributed by atoms with Gasteiger partial charge in [-0.3, -0.25) is 9.79 Å². The van der Waals surface area contributed by atoms with Gasteiger partial charge in [-0.2, -0.15) is 0 Å². The molecule has 1 aromatic carbocycles. The molecule has 3 nitrogen and oxygen atoms in total. The van der Waals surface area contributed by atoms with Gasteiger partial charge in [0.05, 0.1) is 12.3 Å². The summed E-state index contributed by atoms with van der Waals surface area (Å²) in [6.07, 6.45) is 6.11. The van der Waals surface area contributed by atoms with E-state index in [9.17, 15) is 4.79 Å². The average Bonchev–Trinajstić information content (AvgIpc) is 2.40. The van der Waals surface area contributed by atoms with Crippen LogP contribution in [0.3, 0.4) is 0 Å². The molecule has 0 fully saturated rings. The van der Waals surface area contributed by atoms with Crippen molar-refractivity contribution >= 4 is 17.9 Å². The monoisotopic (exact) mass is 247 g/mol. The SMILES string of the molecule is CCCCCC(=O)OCCC=Nc1ccccc1. The van der Waals surface area contributed by atoms with Crippen LogP contribution in [0, 0.1) is 0 Å². The third-order valence-electron chi connectivity index (χ3n) is 2.49. The third-order valence-corrected chi connectivity index (χ3v) is 2.49. The number of carbonyl (C=O) groups excluding carboxylic acids is 1. The number of esters is 1. The van der Waals surface area contributed by atoms with E-state index < -0.39 is 0 Å². The zero-order valence-electron chi connectivity index (χ0n) is 11.0. The fraction of sp³-hybridized carbons (Fsp3) is 0.467. The Morgan fingerprint density at radius 2 is 2.06 bits per heavy atom. The van der Waals surface area contributed by atoms with Crippen molar-refractivity contribution in [3.63, 3.8) is 0 Å². The second-order valence-electron chi connectivity index (χ2n) is 4.11. The van der Waals surface area contributed by atoms with E-state index in [-0.39, 0.29) is 5.97 Å². The van der Waals surface area contributed by atoms with Gasteiger partial charge in [0, 0.05) is 19.1 Å². The van der Waals surface area contributed by atoms with Crippen LogP contribution in [0.1, 0.15) is 39.0 Å². The summed E-state index contributed by atoms with van der Waals surface area (Å²) in [5.41, 5.74) is 0.923. The highest BCUT2D eigenvalue weighted by atomic mass is 16.5. The number of nitrogens with zero attached hydrogens (tertiary/aromatic N) is 1. The number of carbonyl (C=O) groups is 1. The highest BCUT2D eigenvalue weighted by Crippen LogP contribution is 2.08. The molecule has 0 radical (unpaired) electrons. The number of para-hydroxylation sites is 1. The second kappa shape index (κ2) is 9.40. The van der Waals surface area contributed by atoms with Crippen LogP contribution in [0.25, 0.3) is 0 Å². The second-order valence-corrected chi connectivity index (χ2v) is 4.11. The molecule has 1 rings (SSSR count). The Labute approximate surface area is 109 Å². The van der Waals surface area contributed by atoms with Crippen LogP contribution in [-0.2, 0) is 9.53 Å². The molecule has 0 saturated carbocycles. The van der Waals surface area contributed by atoms with Gasteiger partial charge in [0.25, 0.3) is 0 Å². The van der Waals surface area contributed by atoms with Crippen molar-refractivity contribution in [3.8, 4) is 0 Å². The van der Waals surface area contributed by atoms with E-state index in [1.807, 2.05) is 30.3 Å². The zero-order valence-corrected chi connectivity index (χ0v) is 11.0. The Morgan fingerprint density at radius 3 is 2.78 bits per heavy atom. The molecule has 0 atom stereocenters. The fourth-order valence-corrected chi connectivity index (χ4v) is 1.50. The molecule has 98 valence electrons. The molecule has 0 N–H and O–H groups in total. The van der Waals surface area contributed by atoms with Crippen LogP contribution in [0.15, 0.2) is 35.3 Å². The summed E-state index contributed by atoms with van der Waals surface area (Å²) in [4.78, 5) is 15.5. The first-order valence-electron chi connectivity index (χ1n) is 6.56. The molecule has 0 heterocycles. The van der Waals surface area contributed by atoms with Crippen molar-refractivity contribution in [1.82, 2.24) is 0 Å². The molecule has 0 aliphatic heterocycles. The van der Waals surface area contributed by atoms with Gasteiger partial charge in [-0.05, 0) is 18.6 Å². The Morgan fingerprint density at radius 1 is 1.28 bits per heavy atom. The van der Waals surface area contributed by atoms with Crippen molar-refractivity contribution in [3.05, 3.63) is 30.3 Å². The number of unbranched alkanes of at least 4 members (excludes halogenated alkanes) is 2. The predicted octanol–water partition coefficient (Wildman–Crippen LogP) is 3.90. The highest BCUT2D eigenvalue weighted by Gasteiger charge is 2.00. The van der Waals surface area contributed by atoms with Gasteiger partial charge < -0.3 is 4.74 Å². The maximum atomic E-state index is 11.3. The number of hydrogen-bond donors (Lipinski definition) is 0. The molecular weight excluding hydrogens is 226 g/mol. The summed E-state index contributed by atoms with van der Waals surface area (Å²) in [5.74, 6) is -0.100. The summed E-state index contributed by atoms with van der Waals surface area (Å²) < 4.78 is 5.10. The van der Waals surface area contributed by atoms with Crippen molar-refractivity contribution in [1.29, 1.82) is 0 Å². The Kier molecular flexibility index (Phi) is 7.53. The van der Waals surface area contributed by atoms with Crippen LogP contribution in [0.4, 0.5) is 5.69 Å². The first-order valence-corrected chi connectivity index (χ1v) is 6.56. The molecule has 0 aromatic heterocycles. The van der Waals surface area contributed by atoms with E-state index in [2.05, 4.69) is 11.9 Å². The smallest absolute Gasteiger partial charge is 0.305 e. The van der Waals surface area contributed by atoms with Gasteiger partial charge in [-0.25, -0.2) is 0 Å². The Hall–Kier alpha value is -1.64. The van der Waals surface area contributed by atoms with E-state index in [4.69, 9.17) is 4.74 Å². The standard InChI is InChI=1S/C15H21NO2/c1-2-3-5-11-15(17)18-13-8-12-16-14-9-6-4-7-10-14/h4,6-7,9-10,12H,2-3,5,8,11,13H2,1H3. The van der Waals surface area contributed by atoms with Gasteiger partial charge in [-0.15, -0.1) is 0 Å². The van der Waals surface area contributed by atoms with Crippen molar-refractivity contribution in [2.24, 2.45) is 4.99 Å². The Bertz CT molecular complexity index is 360. The van der Waals surface area contributed by atoms with Crippen LogP contribution in [-0.4, -0.2) is 18.8 Å². The van der Waals surface area contributed by atoms with E-state index >= 15 is 0 Å². The van der Waals surface area contributed by atoms with Crippen LogP contribution in [0.2, 0.25) is 0 Å². The maximum absolute atomic E-state index is 11.3. The first-order chi connectivity index (χ1) is 8.83. The summed E-state index contributed by atoms with van der Waals surface area (Å²) >= 11 is 0. The number of rotatable bonds is 8. The molecule has 0 unspecified atom stereocenters. The van der Waals surface area contributed by atoms with Crippen molar-refractivity contribution in [2.45, 2.75) is 39.0 Å². The summed E-state index contributed by atoms with van der Waals surface area (Å²) in [7, 11) is 0. The Balaban J connectivity index is 2.08. The topological polar surface area (TPSA) is 38.7 Å². The largest absolute Gasteiger partial charge is 0.465 e. The maximum Gasteiger partial charge on any atom is 0.305 e. The first kappa shape index (κ1) is 14.4. The molecule has 0 saturated heterocycles. The lowest BCUT2D eigenvalue weighted by molar-refractivity contribution is -0.143. The summed E-state index contributed by atoms with van der Waals surface area (Å²) in [6.45, 7) is 2.53. The molecule has 0 amide bonds. The molecule has 0 aliphatic rings. The van der Waals surface area contributed by atoms with Crippen molar-refractivity contribution < 1.29 is 9.53 Å². The lowest BCUT2D eigenvalue weighted by atomic mass is 10.2. The van der Waals surface area contributed by atoms with E-state index in [0.29, 0.717) is 19.4 Å². The van der Waals surface area contributed by atoms with Crippen LogP contribution < -0.4 is 0 Å². The lowest BCUT2D eigenvalue weighted by Gasteiger charge is -2.01. The quantitative estimate of drug-likeness (QED) is 0.397. The van der Waals surface area contributed by atoms with E-state index in [0.717, 1.165) is 24.9 Å². The van der Waals surface area contributed by atoms with Gasteiger partial charge >= 0.3 is 5.97 Å². The van der Waals surface area contributed by atoms with E-state index in [1.165, 1.54) is 0 Å². The molecule has 3 heteroatoms. The van der Waals surface area contributed by atoms with Crippen LogP contribution >= 0.6 is 0 Å². The molecule has 1 aromatic rings. The molecule has 18 heavy (non-hydrogen) atoms. The minimum atomic E-state index is -0.100. The van der Waals surface area contributed by atoms with Crippen LogP contribution in [0.5, 0.6) is 0 Å². The van der Waals surface area contributed by atoms with Gasteiger partial charge in [0.1, 0.15) is 0 Å². The van der Waals surface area contributed by atoms with E-state index in [1.54, 1.807) is 6.21 Å². The predicted molar refractivity (Wildman–Crippen MR) is 74.3 cm³/mol. The highest BCUT2D eigenvalue weighted by molar-refractivity contribution is 5.70. The normalized spacial score (nSPS) is 10.7. The van der Waals surface area contributed by atoms with Gasteiger partial charge in [-0.1, -0.05) is 38.0 Å². The number of benzene rings is 1. The van der Waals surface area contributed by atoms with Gasteiger partial charge in [0.2, 0.25) is 0 Å². The minimum Gasteiger partial charge on any atom is -0.465 e. The lowest BCUT2D eigenvalue weighted by Crippen LogP contribution is -2.05.